The molecule has 2 heterocycles. The van der Waals surface area contributed by atoms with Gasteiger partial charge in [0.1, 0.15) is 5.75 Å². The first-order valence-corrected chi connectivity index (χ1v) is 12.5. The molecule has 0 aromatic heterocycles. The van der Waals surface area contributed by atoms with Crippen molar-refractivity contribution in [2.75, 3.05) is 23.7 Å². The van der Waals surface area contributed by atoms with Gasteiger partial charge < -0.3 is 15.4 Å². The van der Waals surface area contributed by atoms with Crippen LogP contribution >= 0.6 is 0 Å². The van der Waals surface area contributed by atoms with Crippen molar-refractivity contribution >= 4 is 39.0 Å². The van der Waals surface area contributed by atoms with E-state index in [-0.39, 0.29) is 29.0 Å². The minimum atomic E-state index is -3.89. The van der Waals surface area contributed by atoms with E-state index in [1.807, 2.05) is 0 Å². The lowest BCUT2D eigenvalue weighted by atomic mass is 9.98. The SMILES string of the molecule is CC(=O)c1ccc(NC(=O)[C@@H]2CCCN(S(=O)(=O)c3cc4c(cc3C)NC(=O)[C@@H](C)O4)C2)cc1. The number of aryl methyl sites for hydroxylation is 1. The Balaban J connectivity index is 1.51. The zero-order valence-corrected chi connectivity index (χ0v) is 20.1. The molecule has 10 heteroatoms. The van der Waals surface area contributed by atoms with Gasteiger partial charge in [0.05, 0.1) is 16.5 Å². The summed E-state index contributed by atoms with van der Waals surface area (Å²) < 4.78 is 33.9. The molecule has 0 saturated carbocycles. The third kappa shape index (κ3) is 4.69. The molecule has 2 N–H and O–H groups in total. The maximum atomic E-state index is 13.5. The molecule has 0 unspecified atom stereocenters. The number of piperidine rings is 1. The maximum absolute atomic E-state index is 13.5. The van der Waals surface area contributed by atoms with Gasteiger partial charge in [-0.2, -0.15) is 4.31 Å². The summed E-state index contributed by atoms with van der Waals surface area (Å²) in [7, 11) is -3.89. The first kappa shape index (κ1) is 23.9. The van der Waals surface area contributed by atoms with Gasteiger partial charge in [-0.1, -0.05) is 0 Å². The lowest BCUT2D eigenvalue weighted by molar-refractivity contribution is -0.123. The summed E-state index contributed by atoms with van der Waals surface area (Å²) in [5.41, 5.74) is 2.01. The van der Waals surface area contributed by atoms with Gasteiger partial charge in [0.25, 0.3) is 5.91 Å². The van der Waals surface area contributed by atoms with Crippen LogP contribution in [0.3, 0.4) is 0 Å². The summed E-state index contributed by atoms with van der Waals surface area (Å²) in [5.74, 6) is -0.826. The fourth-order valence-corrected chi connectivity index (χ4v) is 5.91. The number of sulfonamides is 1. The van der Waals surface area contributed by atoms with E-state index in [9.17, 15) is 22.8 Å². The molecule has 9 nitrogen and oxygen atoms in total. The Bertz CT molecular complexity index is 1260. The highest BCUT2D eigenvalue weighted by molar-refractivity contribution is 7.89. The Kier molecular flexibility index (Phi) is 6.46. The molecule has 2 aromatic carbocycles. The van der Waals surface area contributed by atoms with Crippen molar-refractivity contribution in [3.05, 3.63) is 47.5 Å². The van der Waals surface area contributed by atoms with Gasteiger partial charge in [0.2, 0.25) is 15.9 Å². The Morgan fingerprint density at radius 2 is 1.88 bits per heavy atom. The van der Waals surface area contributed by atoms with Crippen LogP contribution in [0, 0.1) is 12.8 Å². The Morgan fingerprint density at radius 3 is 2.56 bits per heavy atom. The zero-order valence-electron chi connectivity index (χ0n) is 19.3. The Morgan fingerprint density at radius 1 is 1.18 bits per heavy atom. The molecule has 0 spiro atoms. The minimum absolute atomic E-state index is 0.0597. The van der Waals surface area contributed by atoms with Crippen molar-refractivity contribution in [1.29, 1.82) is 0 Å². The third-order valence-electron chi connectivity index (χ3n) is 6.14. The largest absolute Gasteiger partial charge is 0.479 e. The second-order valence-corrected chi connectivity index (χ2v) is 10.6. The lowest BCUT2D eigenvalue weighted by Gasteiger charge is -2.32. The number of carbonyl (C=O) groups is 3. The van der Waals surface area contributed by atoms with Crippen molar-refractivity contribution in [3.63, 3.8) is 0 Å². The van der Waals surface area contributed by atoms with Crippen molar-refractivity contribution in [2.24, 2.45) is 5.92 Å². The fourth-order valence-electron chi connectivity index (χ4n) is 4.17. The van der Waals surface area contributed by atoms with Gasteiger partial charge in [0.15, 0.2) is 11.9 Å². The summed E-state index contributed by atoms with van der Waals surface area (Å²) in [6.45, 7) is 5.09. The topological polar surface area (TPSA) is 122 Å². The van der Waals surface area contributed by atoms with Crippen LogP contribution in [0.2, 0.25) is 0 Å². The van der Waals surface area contributed by atoms with Crippen LogP contribution in [-0.4, -0.2) is 49.5 Å². The average molecular weight is 486 g/mol. The highest BCUT2D eigenvalue weighted by Crippen LogP contribution is 2.36. The lowest BCUT2D eigenvalue weighted by Crippen LogP contribution is -2.44. The van der Waals surface area contributed by atoms with Crippen molar-refractivity contribution < 1.29 is 27.5 Å². The molecular weight excluding hydrogens is 458 g/mol. The third-order valence-corrected chi connectivity index (χ3v) is 8.15. The molecule has 0 radical (unpaired) electrons. The van der Waals surface area contributed by atoms with Crippen LogP contribution in [0.1, 0.15) is 42.6 Å². The van der Waals surface area contributed by atoms with Crippen molar-refractivity contribution in [3.8, 4) is 5.75 Å². The summed E-state index contributed by atoms with van der Waals surface area (Å²) in [6, 6.07) is 9.62. The number of ether oxygens (including phenoxy) is 1. The normalized spacial score (nSPS) is 20.6. The molecule has 1 fully saturated rings. The second-order valence-electron chi connectivity index (χ2n) is 8.69. The molecule has 34 heavy (non-hydrogen) atoms. The van der Waals surface area contributed by atoms with Crippen LogP contribution in [0.4, 0.5) is 11.4 Å². The number of nitrogens with zero attached hydrogens (tertiary/aromatic N) is 1. The highest BCUT2D eigenvalue weighted by Gasteiger charge is 2.35. The molecule has 2 aliphatic rings. The minimum Gasteiger partial charge on any atom is -0.479 e. The van der Waals surface area contributed by atoms with Crippen LogP contribution in [0.5, 0.6) is 5.75 Å². The summed E-state index contributed by atoms with van der Waals surface area (Å²) in [4.78, 5) is 36.2. The highest BCUT2D eigenvalue weighted by atomic mass is 32.2. The Labute approximate surface area is 198 Å². The van der Waals surface area contributed by atoms with Crippen LogP contribution in [0.25, 0.3) is 0 Å². The number of hydrogen-bond donors (Lipinski definition) is 2. The molecule has 180 valence electrons. The van der Waals surface area contributed by atoms with Crippen LogP contribution in [-0.2, 0) is 19.6 Å². The first-order chi connectivity index (χ1) is 16.1. The number of carbonyl (C=O) groups excluding carboxylic acids is 3. The van der Waals surface area contributed by atoms with Gasteiger partial charge in [-0.05, 0) is 69.5 Å². The van der Waals surface area contributed by atoms with Crippen LogP contribution in [0.15, 0.2) is 41.3 Å². The number of nitrogens with one attached hydrogen (secondary N) is 2. The monoisotopic (exact) mass is 485 g/mol. The molecule has 0 bridgehead atoms. The van der Waals surface area contributed by atoms with Gasteiger partial charge in [0, 0.05) is 30.4 Å². The number of rotatable bonds is 5. The van der Waals surface area contributed by atoms with Crippen molar-refractivity contribution in [2.45, 2.75) is 44.6 Å². The molecule has 2 aliphatic heterocycles. The maximum Gasteiger partial charge on any atom is 0.265 e. The van der Waals surface area contributed by atoms with E-state index >= 15 is 0 Å². The van der Waals surface area contributed by atoms with Crippen molar-refractivity contribution in [1.82, 2.24) is 4.31 Å². The fraction of sp³-hybridized carbons (Fsp3) is 0.375. The predicted octanol–water partition coefficient (Wildman–Crippen LogP) is 2.96. The molecule has 0 aliphatic carbocycles. The summed E-state index contributed by atoms with van der Waals surface area (Å²) in [6.07, 6.45) is 0.395. The van der Waals surface area contributed by atoms with Gasteiger partial charge in [-0.3, -0.25) is 14.4 Å². The predicted molar refractivity (Wildman–Crippen MR) is 126 cm³/mol. The summed E-state index contributed by atoms with van der Waals surface area (Å²) >= 11 is 0. The number of fused-ring (bicyclic) bond motifs is 1. The molecule has 2 aromatic rings. The molecule has 2 atom stereocenters. The first-order valence-electron chi connectivity index (χ1n) is 11.1. The van der Waals surface area contributed by atoms with Gasteiger partial charge >= 0.3 is 0 Å². The number of hydrogen-bond acceptors (Lipinski definition) is 6. The molecule has 4 rings (SSSR count). The van der Waals surface area contributed by atoms with E-state index in [4.69, 9.17) is 4.74 Å². The van der Waals surface area contributed by atoms with Gasteiger partial charge in [-0.15, -0.1) is 0 Å². The van der Waals surface area contributed by atoms with Crippen LogP contribution < -0.4 is 15.4 Å². The van der Waals surface area contributed by atoms with E-state index in [1.165, 1.54) is 17.3 Å². The number of amides is 2. The quantitative estimate of drug-likeness (QED) is 0.628. The van der Waals surface area contributed by atoms with E-state index in [1.54, 1.807) is 44.2 Å². The molecule has 1 saturated heterocycles. The standard InChI is InChI=1S/C24H27N3O6S/c1-14-11-20-21(33-16(3)23(29)26-20)12-22(14)34(31,32)27-10-4-5-18(13-27)24(30)25-19-8-6-17(7-9-19)15(2)28/h6-9,11-12,16,18H,4-5,10,13H2,1-3H3,(H,25,30)(H,26,29)/t16-,18-/m1/s1. The smallest absolute Gasteiger partial charge is 0.265 e. The average Bonchev–Trinajstić information content (AvgIpc) is 2.80. The van der Waals surface area contributed by atoms with E-state index in [0.29, 0.717) is 47.6 Å². The van der Waals surface area contributed by atoms with E-state index in [2.05, 4.69) is 10.6 Å². The summed E-state index contributed by atoms with van der Waals surface area (Å²) in [5, 5.41) is 5.54. The van der Waals surface area contributed by atoms with E-state index in [0.717, 1.165) is 0 Å². The number of ketones is 1. The Hall–Kier alpha value is -3.24. The van der Waals surface area contributed by atoms with E-state index < -0.39 is 22.0 Å². The number of benzene rings is 2. The number of anilines is 2. The molecule has 2 amide bonds. The number of Topliss-reactive ketones (excluding diaryl/α,β-unsaturated/α-hetero) is 1. The second kappa shape index (κ2) is 9.19. The zero-order chi connectivity index (χ0) is 24.6. The molecular formula is C24H27N3O6S. The van der Waals surface area contributed by atoms with Gasteiger partial charge in [-0.25, -0.2) is 8.42 Å².